The van der Waals surface area contributed by atoms with Gasteiger partial charge in [-0.05, 0) is 77.4 Å². The zero-order chi connectivity index (χ0) is 15.2. The quantitative estimate of drug-likeness (QED) is 0.683. The Hall–Kier alpha value is -1.01. The van der Waals surface area contributed by atoms with Crippen LogP contribution < -0.4 is 5.32 Å². The number of nitrogens with one attached hydrogen (secondary N) is 1. The van der Waals surface area contributed by atoms with Gasteiger partial charge in [0.1, 0.15) is 11.6 Å². The molecule has 0 spiro atoms. The van der Waals surface area contributed by atoms with Gasteiger partial charge in [-0.2, -0.15) is 0 Å². The second kappa shape index (κ2) is 7.84. The van der Waals surface area contributed by atoms with E-state index in [1.807, 2.05) is 6.07 Å². The third-order valence-corrected chi connectivity index (χ3v) is 4.27. The minimum absolute atomic E-state index is 0.0999. The maximum Gasteiger partial charge on any atom is 0.124 e. The first kappa shape index (κ1) is 16.4. The zero-order valence-corrected chi connectivity index (χ0v) is 14.0. The molecule has 0 saturated heterocycles. The van der Waals surface area contributed by atoms with Crippen LogP contribution in [0.5, 0.6) is 0 Å². The smallest absolute Gasteiger partial charge is 0.124 e. The van der Waals surface area contributed by atoms with Gasteiger partial charge in [0.2, 0.25) is 0 Å². The van der Waals surface area contributed by atoms with Crippen molar-refractivity contribution in [2.45, 2.75) is 25.8 Å². The van der Waals surface area contributed by atoms with E-state index in [4.69, 9.17) is 0 Å². The molecule has 4 heteroatoms. The van der Waals surface area contributed by atoms with Gasteiger partial charge in [0, 0.05) is 9.61 Å². The molecule has 112 valence electrons. The van der Waals surface area contributed by atoms with E-state index in [-0.39, 0.29) is 17.7 Å². The summed E-state index contributed by atoms with van der Waals surface area (Å²) in [4.78, 5) is 0. The van der Waals surface area contributed by atoms with E-state index in [2.05, 4.69) is 34.8 Å². The Kier molecular flexibility index (Phi) is 6.11. The molecule has 21 heavy (non-hydrogen) atoms. The van der Waals surface area contributed by atoms with E-state index in [9.17, 15) is 8.78 Å². The molecule has 0 heterocycles. The maximum absolute atomic E-state index is 13.3. The topological polar surface area (TPSA) is 12.0 Å². The third kappa shape index (κ3) is 4.74. The molecule has 2 aromatic carbocycles. The van der Waals surface area contributed by atoms with E-state index in [0.29, 0.717) is 0 Å². The third-order valence-electron chi connectivity index (χ3n) is 3.33. The van der Waals surface area contributed by atoms with Gasteiger partial charge in [0.15, 0.2) is 0 Å². The molecule has 1 atom stereocenters. The van der Waals surface area contributed by atoms with Crippen molar-refractivity contribution in [3.05, 3.63) is 68.8 Å². The first-order chi connectivity index (χ1) is 10.1. The summed E-state index contributed by atoms with van der Waals surface area (Å²) in [5.74, 6) is -0.452. The molecular weight excluding hydrogens is 383 g/mol. The Bertz CT molecular complexity index is 584. The molecule has 0 aliphatic carbocycles. The van der Waals surface area contributed by atoms with Gasteiger partial charge in [-0.3, -0.25) is 0 Å². The fourth-order valence-corrected chi connectivity index (χ4v) is 3.10. The van der Waals surface area contributed by atoms with Crippen molar-refractivity contribution in [2.75, 3.05) is 6.54 Å². The lowest BCUT2D eigenvalue weighted by atomic mass is 9.98. The van der Waals surface area contributed by atoms with Crippen LogP contribution in [0.25, 0.3) is 0 Å². The fraction of sp³-hybridized carbons (Fsp3) is 0.294. The lowest BCUT2D eigenvalue weighted by Gasteiger charge is -2.20. The number of hydrogen-bond acceptors (Lipinski definition) is 1. The van der Waals surface area contributed by atoms with Crippen LogP contribution in [0.15, 0.2) is 42.5 Å². The van der Waals surface area contributed by atoms with Gasteiger partial charge in [-0.25, -0.2) is 8.78 Å². The molecule has 0 radical (unpaired) electrons. The van der Waals surface area contributed by atoms with Crippen LogP contribution in [0.4, 0.5) is 8.78 Å². The van der Waals surface area contributed by atoms with Gasteiger partial charge in [0.05, 0.1) is 0 Å². The molecule has 0 amide bonds. The van der Waals surface area contributed by atoms with Crippen LogP contribution in [0, 0.1) is 15.2 Å². The van der Waals surface area contributed by atoms with Crippen molar-refractivity contribution in [1.82, 2.24) is 5.32 Å². The lowest BCUT2D eigenvalue weighted by Crippen LogP contribution is -2.25. The van der Waals surface area contributed by atoms with Crippen LogP contribution in [-0.4, -0.2) is 6.54 Å². The van der Waals surface area contributed by atoms with Crippen LogP contribution in [-0.2, 0) is 6.42 Å². The van der Waals surface area contributed by atoms with Gasteiger partial charge >= 0.3 is 0 Å². The first-order valence-corrected chi connectivity index (χ1v) is 8.10. The van der Waals surface area contributed by atoms with Crippen molar-refractivity contribution in [3.8, 4) is 0 Å². The molecule has 0 aromatic heterocycles. The molecule has 0 aliphatic rings. The molecule has 0 saturated carbocycles. The minimum atomic E-state index is -0.229. The SMILES string of the molecule is CCCNC(Cc1ccc(F)cc1)c1ccc(F)cc1I. The first-order valence-electron chi connectivity index (χ1n) is 7.03. The van der Waals surface area contributed by atoms with Crippen molar-refractivity contribution in [1.29, 1.82) is 0 Å². The van der Waals surface area contributed by atoms with Crippen LogP contribution in [0.1, 0.15) is 30.5 Å². The highest BCUT2D eigenvalue weighted by Crippen LogP contribution is 2.24. The van der Waals surface area contributed by atoms with Gasteiger partial charge in [-0.1, -0.05) is 25.1 Å². The highest BCUT2D eigenvalue weighted by atomic mass is 127. The number of halogens is 3. The van der Waals surface area contributed by atoms with Crippen LogP contribution >= 0.6 is 22.6 Å². The van der Waals surface area contributed by atoms with Gasteiger partial charge in [0.25, 0.3) is 0 Å². The molecule has 0 fully saturated rings. The Morgan fingerprint density at radius 2 is 1.71 bits per heavy atom. The summed E-state index contributed by atoms with van der Waals surface area (Å²) in [6.07, 6.45) is 1.78. The molecule has 0 aliphatic heterocycles. The Morgan fingerprint density at radius 1 is 1.05 bits per heavy atom. The van der Waals surface area contributed by atoms with Gasteiger partial charge < -0.3 is 5.32 Å². The normalized spacial score (nSPS) is 12.4. The van der Waals surface area contributed by atoms with Crippen molar-refractivity contribution >= 4 is 22.6 Å². The summed E-state index contributed by atoms with van der Waals surface area (Å²) in [7, 11) is 0. The van der Waals surface area contributed by atoms with Crippen molar-refractivity contribution in [3.63, 3.8) is 0 Å². The second-order valence-electron chi connectivity index (χ2n) is 5.00. The summed E-state index contributed by atoms with van der Waals surface area (Å²) in [5, 5.41) is 3.49. The highest BCUT2D eigenvalue weighted by Gasteiger charge is 2.15. The lowest BCUT2D eigenvalue weighted by molar-refractivity contribution is 0.525. The molecule has 1 nitrogen and oxygen atoms in total. The van der Waals surface area contributed by atoms with Crippen LogP contribution in [0.3, 0.4) is 0 Å². The minimum Gasteiger partial charge on any atom is -0.310 e. The molecule has 0 bridgehead atoms. The van der Waals surface area contributed by atoms with E-state index in [1.165, 1.54) is 18.2 Å². The van der Waals surface area contributed by atoms with E-state index in [0.717, 1.165) is 34.1 Å². The van der Waals surface area contributed by atoms with E-state index >= 15 is 0 Å². The summed E-state index contributed by atoms with van der Waals surface area (Å²) < 4.78 is 27.2. The van der Waals surface area contributed by atoms with E-state index < -0.39 is 0 Å². The predicted molar refractivity (Wildman–Crippen MR) is 90.3 cm³/mol. The van der Waals surface area contributed by atoms with Gasteiger partial charge in [-0.15, -0.1) is 0 Å². The molecule has 1 unspecified atom stereocenters. The summed E-state index contributed by atoms with van der Waals surface area (Å²) in [5.41, 5.74) is 2.14. The largest absolute Gasteiger partial charge is 0.310 e. The Labute approximate surface area is 137 Å². The molecule has 2 rings (SSSR count). The monoisotopic (exact) mass is 401 g/mol. The Balaban J connectivity index is 2.22. The van der Waals surface area contributed by atoms with Crippen molar-refractivity contribution in [2.24, 2.45) is 0 Å². The number of benzene rings is 2. The van der Waals surface area contributed by atoms with E-state index in [1.54, 1.807) is 18.2 Å². The highest BCUT2D eigenvalue weighted by molar-refractivity contribution is 14.1. The summed E-state index contributed by atoms with van der Waals surface area (Å²) in [6.45, 7) is 3.00. The summed E-state index contributed by atoms with van der Waals surface area (Å²) in [6, 6.07) is 11.5. The number of rotatable bonds is 6. The van der Waals surface area contributed by atoms with Crippen molar-refractivity contribution < 1.29 is 8.78 Å². The molecule has 1 N–H and O–H groups in total. The average Bonchev–Trinajstić information content (AvgIpc) is 2.46. The Morgan fingerprint density at radius 3 is 2.33 bits per heavy atom. The summed E-state index contributed by atoms with van der Waals surface area (Å²) >= 11 is 2.16. The second-order valence-corrected chi connectivity index (χ2v) is 6.17. The predicted octanol–water partition coefficient (Wildman–Crippen LogP) is 4.85. The fourth-order valence-electron chi connectivity index (χ4n) is 2.25. The maximum atomic E-state index is 13.3. The standard InChI is InChI=1S/C17H18F2IN/c1-2-9-21-17(10-12-3-5-13(18)6-4-12)15-8-7-14(19)11-16(15)20/h3-8,11,17,21H,2,9-10H2,1H3. The number of hydrogen-bond donors (Lipinski definition) is 1. The molecule has 2 aromatic rings. The molecular formula is C17H18F2IN. The zero-order valence-electron chi connectivity index (χ0n) is 11.9. The average molecular weight is 401 g/mol. The van der Waals surface area contributed by atoms with Crippen LogP contribution in [0.2, 0.25) is 0 Å².